The van der Waals surface area contributed by atoms with Gasteiger partial charge in [-0.25, -0.2) is 0 Å². The molecule has 0 spiro atoms. The van der Waals surface area contributed by atoms with Crippen LogP contribution in [0.3, 0.4) is 0 Å². The molecule has 0 unspecified atom stereocenters. The van der Waals surface area contributed by atoms with Gasteiger partial charge in [-0.2, -0.15) is 0 Å². The van der Waals surface area contributed by atoms with E-state index in [9.17, 15) is 4.79 Å². The summed E-state index contributed by atoms with van der Waals surface area (Å²) in [5.74, 6) is 0.359. The highest BCUT2D eigenvalue weighted by atomic mass is 79.9. The van der Waals surface area contributed by atoms with Gasteiger partial charge in [0, 0.05) is 16.0 Å². The largest absolute Gasteiger partial charge is 0.481 e. The van der Waals surface area contributed by atoms with Gasteiger partial charge in [-0.05, 0) is 55.6 Å². The molecule has 0 aliphatic heterocycles. The van der Waals surface area contributed by atoms with Crippen molar-refractivity contribution in [1.82, 2.24) is 5.32 Å². The number of halogens is 4. The molecule has 0 radical (unpaired) electrons. The zero-order valence-corrected chi connectivity index (χ0v) is 16.7. The molecule has 22 heavy (non-hydrogen) atoms. The third-order valence-electron chi connectivity index (χ3n) is 2.74. The van der Waals surface area contributed by atoms with E-state index in [0.29, 0.717) is 17.3 Å². The van der Waals surface area contributed by atoms with Crippen LogP contribution in [0.1, 0.15) is 5.56 Å². The van der Waals surface area contributed by atoms with E-state index in [2.05, 4.69) is 53.1 Å². The fraction of sp³-hybridized carbons (Fsp3) is 0.133. The predicted octanol–water partition coefficient (Wildman–Crippen LogP) is 5.32. The molecule has 0 heterocycles. The second kappa shape index (κ2) is 8.34. The van der Waals surface area contributed by atoms with Crippen molar-refractivity contribution in [3.63, 3.8) is 0 Å². The van der Waals surface area contributed by atoms with Crippen LogP contribution in [-0.2, 0) is 11.3 Å². The average molecular weight is 512 g/mol. The zero-order valence-electron chi connectivity index (χ0n) is 11.2. The van der Waals surface area contributed by atoms with Crippen molar-refractivity contribution in [2.45, 2.75) is 6.54 Å². The maximum Gasteiger partial charge on any atom is 0.258 e. The zero-order chi connectivity index (χ0) is 16.1. The average Bonchev–Trinajstić information content (AvgIpc) is 2.45. The monoisotopic (exact) mass is 509 g/mol. The highest BCUT2D eigenvalue weighted by Crippen LogP contribution is 2.36. The summed E-state index contributed by atoms with van der Waals surface area (Å²) >= 11 is 16.2. The van der Waals surface area contributed by atoms with Gasteiger partial charge in [0.2, 0.25) is 0 Å². The Kier molecular flexibility index (Phi) is 6.74. The molecule has 1 N–H and O–H groups in total. The van der Waals surface area contributed by atoms with E-state index >= 15 is 0 Å². The van der Waals surface area contributed by atoms with E-state index in [1.165, 1.54) is 0 Å². The molecule has 116 valence electrons. The number of rotatable bonds is 5. The van der Waals surface area contributed by atoms with Crippen LogP contribution in [-0.4, -0.2) is 12.5 Å². The summed E-state index contributed by atoms with van der Waals surface area (Å²) in [5, 5.41) is 3.40. The van der Waals surface area contributed by atoms with Gasteiger partial charge < -0.3 is 10.1 Å². The molecule has 2 aromatic carbocycles. The molecule has 0 aliphatic carbocycles. The molecular formula is C15H11Br3ClNO2. The summed E-state index contributed by atoms with van der Waals surface area (Å²) < 4.78 is 7.96. The van der Waals surface area contributed by atoms with Crippen molar-refractivity contribution in [1.29, 1.82) is 0 Å². The first kappa shape index (κ1) is 17.8. The summed E-state index contributed by atoms with van der Waals surface area (Å²) in [7, 11) is 0. The van der Waals surface area contributed by atoms with Crippen molar-refractivity contribution in [3.8, 4) is 5.75 Å². The lowest BCUT2D eigenvalue weighted by molar-refractivity contribution is -0.123. The number of nitrogens with one attached hydrogen (secondary N) is 1. The second-order valence-electron chi connectivity index (χ2n) is 4.36. The van der Waals surface area contributed by atoms with E-state index in [4.69, 9.17) is 16.3 Å². The summed E-state index contributed by atoms with van der Waals surface area (Å²) in [6.45, 7) is 0.286. The SMILES string of the molecule is O=C(COc1c(Br)cc(Br)cc1Br)NCc1ccccc1Cl. The molecule has 2 aromatic rings. The Hall–Kier alpha value is -0.560. The maximum atomic E-state index is 11.9. The van der Waals surface area contributed by atoms with E-state index in [1.807, 2.05) is 30.3 Å². The Labute approximate surface area is 158 Å². The van der Waals surface area contributed by atoms with Crippen LogP contribution in [0.25, 0.3) is 0 Å². The molecule has 0 saturated heterocycles. The first-order valence-electron chi connectivity index (χ1n) is 6.25. The minimum absolute atomic E-state index is 0.0801. The number of hydrogen-bond donors (Lipinski definition) is 1. The van der Waals surface area contributed by atoms with Crippen LogP contribution in [0.5, 0.6) is 5.75 Å². The quantitative estimate of drug-likeness (QED) is 0.589. The minimum Gasteiger partial charge on any atom is -0.481 e. The third-order valence-corrected chi connectivity index (χ3v) is 4.75. The molecule has 0 aromatic heterocycles. The smallest absolute Gasteiger partial charge is 0.258 e. The van der Waals surface area contributed by atoms with Gasteiger partial charge in [-0.3, -0.25) is 4.79 Å². The Morgan fingerprint density at radius 1 is 1.14 bits per heavy atom. The Morgan fingerprint density at radius 2 is 1.77 bits per heavy atom. The number of ether oxygens (including phenoxy) is 1. The van der Waals surface area contributed by atoms with Crippen molar-refractivity contribution in [2.75, 3.05) is 6.61 Å². The summed E-state index contributed by atoms with van der Waals surface area (Å²) in [4.78, 5) is 11.9. The lowest BCUT2D eigenvalue weighted by Gasteiger charge is -2.11. The van der Waals surface area contributed by atoms with Gasteiger partial charge in [0.25, 0.3) is 5.91 Å². The Morgan fingerprint density at radius 3 is 2.41 bits per heavy atom. The highest BCUT2D eigenvalue weighted by Gasteiger charge is 2.11. The van der Waals surface area contributed by atoms with Crippen molar-refractivity contribution in [2.24, 2.45) is 0 Å². The topological polar surface area (TPSA) is 38.3 Å². The van der Waals surface area contributed by atoms with Gasteiger partial charge in [0.15, 0.2) is 6.61 Å². The first-order chi connectivity index (χ1) is 10.5. The predicted molar refractivity (Wildman–Crippen MR) is 98.3 cm³/mol. The van der Waals surface area contributed by atoms with Crippen LogP contribution in [0.4, 0.5) is 0 Å². The fourth-order valence-electron chi connectivity index (χ4n) is 1.69. The van der Waals surface area contributed by atoms with Crippen LogP contribution in [0.2, 0.25) is 5.02 Å². The number of benzene rings is 2. The first-order valence-corrected chi connectivity index (χ1v) is 9.00. The molecule has 0 saturated carbocycles. The molecule has 0 fully saturated rings. The van der Waals surface area contributed by atoms with Crippen molar-refractivity contribution < 1.29 is 9.53 Å². The van der Waals surface area contributed by atoms with E-state index in [1.54, 1.807) is 6.07 Å². The number of amides is 1. The van der Waals surface area contributed by atoms with Gasteiger partial charge in [0.05, 0.1) is 8.95 Å². The number of hydrogen-bond acceptors (Lipinski definition) is 2. The van der Waals surface area contributed by atoms with Crippen LogP contribution in [0, 0.1) is 0 Å². The van der Waals surface area contributed by atoms with Crippen molar-refractivity contribution in [3.05, 3.63) is 60.4 Å². The number of carbonyl (C=O) groups is 1. The van der Waals surface area contributed by atoms with Gasteiger partial charge in [-0.1, -0.05) is 45.7 Å². The molecule has 1 amide bonds. The molecule has 0 atom stereocenters. The third kappa shape index (κ3) is 4.98. The number of carbonyl (C=O) groups excluding carboxylic acids is 1. The molecule has 3 nitrogen and oxygen atoms in total. The van der Waals surface area contributed by atoms with Gasteiger partial charge in [-0.15, -0.1) is 0 Å². The molecule has 0 bridgehead atoms. The fourth-order valence-corrected chi connectivity index (χ4v) is 4.38. The molecule has 2 rings (SSSR count). The van der Waals surface area contributed by atoms with Crippen LogP contribution >= 0.6 is 59.4 Å². The van der Waals surface area contributed by atoms with Crippen LogP contribution < -0.4 is 10.1 Å². The lowest BCUT2D eigenvalue weighted by Crippen LogP contribution is -2.28. The van der Waals surface area contributed by atoms with Gasteiger partial charge in [0.1, 0.15) is 5.75 Å². The summed E-state index contributed by atoms with van der Waals surface area (Å²) in [5.41, 5.74) is 0.864. The summed E-state index contributed by atoms with van der Waals surface area (Å²) in [6, 6.07) is 11.1. The van der Waals surface area contributed by atoms with Crippen LogP contribution in [0.15, 0.2) is 49.8 Å². The lowest BCUT2D eigenvalue weighted by atomic mass is 10.2. The van der Waals surface area contributed by atoms with Gasteiger partial charge >= 0.3 is 0 Å². The van der Waals surface area contributed by atoms with E-state index < -0.39 is 0 Å². The van der Waals surface area contributed by atoms with E-state index in [0.717, 1.165) is 19.0 Å². The minimum atomic E-state index is -0.221. The maximum absolute atomic E-state index is 11.9. The molecule has 7 heteroatoms. The Bertz CT molecular complexity index is 671. The van der Waals surface area contributed by atoms with Crippen molar-refractivity contribution >= 4 is 65.3 Å². The standard InChI is InChI=1S/C15H11Br3ClNO2/c16-10-5-11(17)15(12(18)6-10)22-8-14(21)20-7-9-3-1-2-4-13(9)19/h1-6H,7-8H2,(H,20,21). The normalized spacial score (nSPS) is 10.4. The highest BCUT2D eigenvalue weighted by molar-refractivity contribution is 9.11. The second-order valence-corrected chi connectivity index (χ2v) is 7.39. The van der Waals surface area contributed by atoms with E-state index in [-0.39, 0.29) is 12.5 Å². The molecular weight excluding hydrogens is 501 g/mol. The molecule has 0 aliphatic rings. The summed E-state index contributed by atoms with van der Waals surface area (Å²) in [6.07, 6.45) is 0. The Balaban J connectivity index is 1.90.